The number of nitrogens with zero attached hydrogens (tertiary/aromatic N) is 1. The minimum atomic E-state index is -0.536. The summed E-state index contributed by atoms with van der Waals surface area (Å²) in [5, 5.41) is 3.04. The van der Waals surface area contributed by atoms with E-state index in [9.17, 15) is 9.59 Å². The molecular weight excluding hydrogens is 460 g/mol. The molecular formula is C21H20BrClN2O4. The van der Waals surface area contributed by atoms with Crippen LogP contribution in [0.15, 0.2) is 46.6 Å². The molecule has 0 saturated carbocycles. The third kappa shape index (κ3) is 4.57. The number of ether oxygens (including phenoxy) is 2. The van der Waals surface area contributed by atoms with Crippen molar-refractivity contribution in [1.82, 2.24) is 5.32 Å². The number of anilines is 1. The van der Waals surface area contributed by atoms with Gasteiger partial charge >= 0.3 is 6.03 Å². The molecule has 0 spiro atoms. The second-order valence-electron chi connectivity index (χ2n) is 6.48. The van der Waals surface area contributed by atoms with Crippen molar-refractivity contribution in [2.45, 2.75) is 26.4 Å². The van der Waals surface area contributed by atoms with Gasteiger partial charge in [-0.3, -0.25) is 4.79 Å². The van der Waals surface area contributed by atoms with E-state index in [1.54, 1.807) is 49.6 Å². The smallest absolute Gasteiger partial charge is 0.333 e. The molecule has 0 aromatic heterocycles. The van der Waals surface area contributed by atoms with Crippen LogP contribution in [0.4, 0.5) is 10.5 Å². The van der Waals surface area contributed by atoms with E-state index in [2.05, 4.69) is 21.2 Å². The number of amides is 3. The molecule has 152 valence electrons. The second-order valence-corrected chi connectivity index (χ2v) is 7.77. The highest BCUT2D eigenvalue weighted by atomic mass is 79.9. The molecule has 2 aromatic carbocycles. The van der Waals surface area contributed by atoms with Gasteiger partial charge in [-0.1, -0.05) is 24.6 Å². The summed E-state index contributed by atoms with van der Waals surface area (Å²) in [7, 11) is 1.55. The molecule has 1 saturated heterocycles. The van der Waals surface area contributed by atoms with Crippen molar-refractivity contribution in [3.63, 3.8) is 0 Å². The highest BCUT2D eigenvalue weighted by molar-refractivity contribution is 9.10. The average Bonchev–Trinajstić information content (AvgIpc) is 2.96. The molecule has 1 N–H and O–H groups in total. The second kappa shape index (κ2) is 8.88. The van der Waals surface area contributed by atoms with Crippen LogP contribution in [0.25, 0.3) is 6.08 Å². The molecule has 0 radical (unpaired) electrons. The molecule has 1 aliphatic rings. The Hall–Kier alpha value is -2.51. The van der Waals surface area contributed by atoms with Crippen molar-refractivity contribution in [1.29, 1.82) is 0 Å². The zero-order valence-electron chi connectivity index (χ0n) is 16.2. The fourth-order valence-electron chi connectivity index (χ4n) is 2.77. The van der Waals surface area contributed by atoms with Gasteiger partial charge in [-0.05, 0) is 71.2 Å². The summed E-state index contributed by atoms with van der Waals surface area (Å²) in [4.78, 5) is 26.2. The SMILES string of the molecule is CC[C@@H](C)Oc1c(Br)cc(/C=C2/NC(=O)N(c3cccc(Cl)c3)C2=O)cc1OC. The number of hydrogen-bond donors (Lipinski definition) is 1. The van der Waals surface area contributed by atoms with Gasteiger partial charge < -0.3 is 14.8 Å². The van der Waals surface area contributed by atoms with Crippen LogP contribution in [-0.2, 0) is 4.79 Å². The fourth-order valence-corrected chi connectivity index (χ4v) is 3.51. The molecule has 0 aliphatic carbocycles. The van der Waals surface area contributed by atoms with Crippen LogP contribution in [0.1, 0.15) is 25.8 Å². The van der Waals surface area contributed by atoms with Crippen molar-refractivity contribution < 1.29 is 19.1 Å². The third-order valence-electron chi connectivity index (χ3n) is 4.40. The summed E-state index contributed by atoms with van der Waals surface area (Å²) in [6, 6.07) is 9.57. The maximum Gasteiger partial charge on any atom is 0.333 e. The number of halogens is 2. The molecule has 1 fully saturated rings. The van der Waals surface area contributed by atoms with Gasteiger partial charge in [0.05, 0.1) is 23.4 Å². The number of imide groups is 1. The minimum Gasteiger partial charge on any atom is -0.493 e. The minimum absolute atomic E-state index is 0.0198. The maximum absolute atomic E-state index is 12.8. The Balaban J connectivity index is 1.93. The van der Waals surface area contributed by atoms with E-state index in [0.717, 1.165) is 11.3 Å². The number of methoxy groups -OCH3 is 1. The first-order valence-corrected chi connectivity index (χ1v) is 10.2. The Labute approximate surface area is 182 Å². The van der Waals surface area contributed by atoms with E-state index in [0.29, 0.717) is 32.2 Å². The Morgan fingerprint density at radius 3 is 2.69 bits per heavy atom. The van der Waals surface area contributed by atoms with Gasteiger partial charge in [0.15, 0.2) is 11.5 Å². The highest BCUT2D eigenvalue weighted by Crippen LogP contribution is 2.38. The molecule has 0 unspecified atom stereocenters. The molecule has 1 aliphatic heterocycles. The van der Waals surface area contributed by atoms with Crippen molar-refractivity contribution >= 4 is 51.2 Å². The van der Waals surface area contributed by atoms with Crippen LogP contribution in [0.5, 0.6) is 11.5 Å². The fraction of sp³-hybridized carbons (Fsp3) is 0.238. The van der Waals surface area contributed by atoms with Gasteiger partial charge in [0.25, 0.3) is 5.91 Å². The van der Waals surface area contributed by atoms with Crippen LogP contribution in [0.2, 0.25) is 5.02 Å². The first kappa shape index (κ1) is 21.2. The van der Waals surface area contributed by atoms with E-state index in [-0.39, 0.29) is 11.8 Å². The average molecular weight is 480 g/mol. The molecule has 3 amide bonds. The lowest BCUT2D eigenvalue weighted by molar-refractivity contribution is -0.113. The van der Waals surface area contributed by atoms with Crippen LogP contribution >= 0.6 is 27.5 Å². The number of carbonyl (C=O) groups excluding carboxylic acids is 2. The number of benzene rings is 2. The number of carbonyl (C=O) groups is 2. The van der Waals surface area contributed by atoms with Crippen molar-refractivity contribution in [2.75, 3.05) is 12.0 Å². The van der Waals surface area contributed by atoms with Crippen LogP contribution < -0.4 is 19.7 Å². The molecule has 1 atom stereocenters. The largest absolute Gasteiger partial charge is 0.493 e. The summed E-state index contributed by atoms with van der Waals surface area (Å²) in [6.45, 7) is 4.00. The molecule has 8 heteroatoms. The third-order valence-corrected chi connectivity index (χ3v) is 5.23. The van der Waals surface area contributed by atoms with Gasteiger partial charge in [-0.2, -0.15) is 0 Å². The number of urea groups is 1. The van der Waals surface area contributed by atoms with E-state index < -0.39 is 11.9 Å². The predicted molar refractivity (Wildman–Crippen MR) is 117 cm³/mol. The van der Waals surface area contributed by atoms with Crippen LogP contribution in [0.3, 0.4) is 0 Å². The van der Waals surface area contributed by atoms with Crippen molar-refractivity contribution in [3.8, 4) is 11.5 Å². The standard InChI is InChI=1S/C21H20BrClN2O4/c1-4-12(2)29-19-16(22)8-13(10-18(19)28-3)9-17-20(26)25(21(27)24-17)15-7-5-6-14(23)11-15/h5-12H,4H2,1-3H3,(H,24,27)/b17-9+/t12-/m1/s1. The van der Waals surface area contributed by atoms with Gasteiger partial charge in [-0.25, -0.2) is 9.69 Å². The molecule has 1 heterocycles. The Morgan fingerprint density at radius 1 is 1.28 bits per heavy atom. The lowest BCUT2D eigenvalue weighted by atomic mass is 10.1. The van der Waals surface area contributed by atoms with Gasteiger partial charge in [0.1, 0.15) is 5.70 Å². The number of hydrogen-bond acceptors (Lipinski definition) is 4. The summed E-state index contributed by atoms with van der Waals surface area (Å²) < 4.78 is 12.0. The monoisotopic (exact) mass is 478 g/mol. The molecule has 0 bridgehead atoms. The summed E-state index contributed by atoms with van der Waals surface area (Å²) >= 11 is 9.48. The first-order chi connectivity index (χ1) is 13.8. The summed E-state index contributed by atoms with van der Waals surface area (Å²) in [6.07, 6.45) is 2.46. The Kier molecular flexibility index (Phi) is 6.49. The molecule has 6 nitrogen and oxygen atoms in total. The van der Waals surface area contributed by atoms with E-state index in [4.69, 9.17) is 21.1 Å². The van der Waals surface area contributed by atoms with Gasteiger partial charge in [-0.15, -0.1) is 0 Å². The molecule has 3 rings (SSSR count). The number of rotatable bonds is 6. The number of nitrogens with one attached hydrogen (secondary N) is 1. The summed E-state index contributed by atoms with van der Waals surface area (Å²) in [5.41, 5.74) is 1.22. The first-order valence-electron chi connectivity index (χ1n) is 9.01. The zero-order chi connectivity index (χ0) is 21.1. The van der Waals surface area contributed by atoms with Gasteiger partial charge in [0.2, 0.25) is 0 Å². The van der Waals surface area contributed by atoms with Gasteiger partial charge in [0, 0.05) is 5.02 Å². The predicted octanol–water partition coefficient (Wildman–Crippen LogP) is 5.39. The topological polar surface area (TPSA) is 67.9 Å². The molecule has 29 heavy (non-hydrogen) atoms. The van der Waals surface area contributed by atoms with Crippen molar-refractivity contribution in [2.24, 2.45) is 0 Å². The quantitative estimate of drug-likeness (QED) is 0.446. The Morgan fingerprint density at radius 2 is 2.03 bits per heavy atom. The van der Waals surface area contributed by atoms with E-state index in [1.165, 1.54) is 0 Å². The lowest BCUT2D eigenvalue weighted by Crippen LogP contribution is -2.30. The lowest BCUT2D eigenvalue weighted by Gasteiger charge is -2.17. The maximum atomic E-state index is 12.8. The zero-order valence-corrected chi connectivity index (χ0v) is 18.5. The normalized spacial score (nSPS) is 16.2. The van der Waals surface area contributed by atoms with Crippen LogP contribution in [0, 0.1) is 0 Å². The van der Waals surface area contributed by atoms with Crippen molar-refractivity contribution in [3.05, 3.63) is 57.2 Å². The molecule has 2 aromatic rings. The highest BCUT2D eigenvalue weighted by Gasteiger charge is 2.35. The van der Waals surface area contributed by atoms with E-state index in [1.807, 2.05) is 13.8 Å². The summed E-state index contributed by atoms with van der Waals surface area (Å²) in [5.74, 6) is 0.647. The Bertz CT molecular complexity index is 993. The van der Waals surface area contributed by atoms with Crippen LogP contribution in [-0.4, -0.2) is 25.2 Å². The van der Waals surface area contributed by atoms with E-state index >= 15 is 0 Å².